The average Bonchev–Trinajstić information content (AvgIpc) is 3.49. The Hall–Kier alpha value is -2.51. The largest absolute Gasteiger partial charge is 0.493 e. The third-order valence-corrected chi connectivity index (χ3v) is 11.6. The van der Waals surface area contributed by atoms with Crippen molar-refractivity contribution in [2.75, 3.05) is 46.9 Å². The number of benzene rings is 1. The maximum atomic E-state index is 14.0. The second-order valence-electron chi connectivity index (χ2n) is 13.1. The number of likely N-dealkylation sites (N-methyl/N-ethyl adjacent to an activating group) is 1. The lowest BCUT2D eigenvalue weighted by molar-refractivity contribution is -0.0256. The maximum absolute atomic E-state index is 14.0. The monoisotopic (exact) mass is 530 g/mol. The minimum atomic E-state index is -0.0869. The number of carbonyl (C=O) groups is 1. The van der Waals surface area contributed by atoms with Crippen LogP contribution in [0.2, 0.25) is 0 Å². The van der Waals surface area contributed by atoms with Crippen molar-refractivity contribution in [1.29, 1.82) is 0 Å². The van der Waals surface area contributed by atoms with Gasteiger partial charge in [0, 0.05) is 49.2 Å². The van der Waals surface area contributed by atoms with Gasteiger partial charge < -0.3 is 24.3 Å². The molecule has 6 aliphatic rings. The number of likely N-dealkylation sites (tertiary alicyclic amines) is 1. The van der Waals surface area contributed by atoms with E-state index < -0.39 is 0 Å². The highest BCUT2D eigenvalue weighted by Gasteiger charge is 2.65. The Morgan fingerprint density at radius 2 is 1.87 bits per heavy atom. The molecule has 2 saturated heterocycles. The van der Waals surface area contributed by atoms with Crippen molar-refractivity contribution in [1.82, 2.24) is 19.7 Å². The Morgan fingerprint density at radius 3 is 2.64 bits per heavy atom. The number of hydrogen-bond donors (Lipinski definition) is 1. The predicted octanol–water partition coefficient (Wildman–Crippen LogP) is 4.23. The molecule has 0 radical (unpaired) electrons. The van der Waals surface area contributed by atoms with Gasteiger partial charge in [0.15, 0.2) is 11.5 Å². The molecule has 1 saturated carbocycles. The number of piperazine rings is 1. The second kappa shape index (κ2) is 8.74. The third kappa shape index (κ3) is 3.26. The van der Waals surface area contributed by atoms with E-state index in [4.69, 9.17) is 9.47 Å². The van der Waals surface area contributed by atoms with Gasteiger partial charge >= 0.3 is 0 Å². The van der Waals surface area contributed by atoms with Crippen LogP contribution in [0, 0.1) is 12.8 Å². The van der Waals surface area contributed by atoms with E-state index >= 15 is 0 Å². The molecule has 208 valence electrons. The molecule has 4 heterocycles. The van der Waals surface area contributed by atoms with E-state index in [0.29, 0.717) is 12.0 Å². The minimum Gasteiger partial charge on any atom is -0.493 e. The number of aromatic amines is 1. The van der Waals surface area contributed by atoms with Crippen LogP contribution in [0.3, 0.4) is 0 Å². The number of nitrogens with one attached hydrogen (secondary N) is 1. The van der Waals surface area contributed by atoms with Crippen molar-refractivity contribution in [3.63, 3.8) is 0 Å². The van der Waals surface area contributed by atoms with Gasteiger partial charge in [0.2, 0.25) is 0 Å². The van der Waals surface area contributed by atoms with Crippen LogP contribution in [0.4, 0.5) is 0 Å². The molecule has 1 spiro atoms. The fourth-order valence-corrected chi connectivity index (χ4v) is 9.55. The first-order valence-corrected chi connectivity index (χ1v) is 15.3. The number of ether oxygens (including phenoxy) is 2. The number of H-pyrrole nitrogens is 1. The van der Waals surface area contributed by atoms with Gasteiger partial charge in [-0.3, -0.25) is 9.69 Å². The molecule has 1 amide bonds. The van der Waals surface area contributed by atoms with Crippen LogP contribution in [0.1, 0.15) is 83.1 Å². The number of aromatic nitrogens is 1. The Labute approximate surface area is 231 Å². The van der Waals surface area contributed by atoms with Crippen molar-refractivity contribution >= 4 is 5.91 Å². The zero-order valence-corrected chi connectivity index (χ0v) is 23.7. The van der Waals surface area contributed by atoms with Crippen LogP contribution < -0.4 is 9.47 Å². The van der Waals surface area contributed by atoms with Crippen molar-refractivity contribution in [3.8, 4) is 11.5 Å². The van der Waals surface area contributed by atoms with E-state index in [-0.39, 0.29) is 17.4 Å². The highest BCUT2D eigenvalue weighted by atomic mass is 16.5. The molecule has 8 rings (SSSR count). The zero-order chi connectivity index (χ0) is 26.5. The molecule has 7 heteroatoms. The molecular weight excluding hydrogens is 488 g/mol. The lowest BCUT2D eigenvalue weighted by Crippen LogP contribution is -2.62. The molecule has 3 fully saturated rings. The average molecular weight is 531 g/mol. The van der Waals surface area contributed by atoms with Gasteiger partial charge in [0.1, 0.15) is 11.8 Å². The fraction of sp³-hybridized carbons (Fsp3) is 0.656. The molecule has 1 aromatic carbocycles. The van der Waals surface area contributed by atoms with E-state index in [9.17, 15) is 4.79 Å². The summed E-state index contributed by atoms with van der Waals surface area (Å²) in [6, 6.07) is 5.57. The Morgan fingerprint density at radius 1 is 1.08 bits per heavy atom. The molecule has 39 heavy (non-hydrogen) atoms. The van der Waals surface area contributed by atoms with Gasteiger partial charge in [-0.05, 0) is 81.3 Å². The Kier molecular flexibility index (Phi) is 5.45. The number of amides is 1. The minimum absolute atomic E-state index is 0.0507. The number of carbonyl (C=O) groups excluding carboxylic acids is 1. The summed E-state index contributed by atoms with van der Waals surface area (Å²) in [6.45, 7) is 6.88. The topological polar surface area (TPSA) is 61.0 Å². The molecule has 4 atom stereocenters. The lowest BCUT2D eigenvalue weighted by Gasteiger charge is -2.57. The zero-order valence-electron chi connectivity index (χ0n) is 23.7. The van der Waals surface area contributed by atoms with E-state index in [2.05, 4.69) is 45.8 Å². The van der Waals surface area contributed by atoms with Gasteiger partial charge in [0.05, 0.1) is 12.8 Å². The molecule has 2 bridgehead atoms. The molecule has 3 aliphatic carbocycles. The summed E-state index contributed by atoms with van der Waals surface area (Å²) in [5, 5.41) is 0. The predicted molar refractivity (Wildman–Crippen MR) is 150 cm³/mol. The van der Waals surface area contributed by atoms with Gasteiger partial charge in [0.25, 0.3) is 5.91 Å². The van der Waals surface area contributed by atoms with Crippen molar-refractivity contribution < 1.29 is 14.3 Å². The number of methoxy groups -OCH3 is 1. The maximum Gasteiger partial charge on any atom is 0.270 e. The van der Waals surface area contributed by atoms with Crippen LogP contribution >= 0.6 is 0 Å². The van der Waals surface area contributed by atoms with Crippen LogP contribution in [0.15, 0.2) is 12.1 Å². The quantitative estimate of drug-likeness (QED) is 0.644. The normalized spacial score (nSPS) is 32.0. The summed E-state index contributed by atoms with van der Waals surface area (Å²) in [5.41, 5.74) is 7.15. The summed E-state index contributed by atoms with van der Waals surface area (Å²) in [5.74, 6) is 2.43. The molecule has 1 unspecified atom stereocenters. The highest BCUT2D eigenvalue weighted by molar-refractivity contribution is 5.94. The first-order chi connectivity index (χ1) is 19.0. The van der Waals surface area contributed by atoms with E-state index in [1.165, 1.54) is 48.8 Å². The molecule has 7 nitrogen and oxygen atoms in total. The smallest absolute Gasteiger partial charge is 0.270 e. The number of piperidine rings is 1. The van der Waals surface area contributed by atoms with Crippen molar-refractivity contribution in [3.05, 3.63) is 45.8 Å². The van der Waals surface area contributed by atoms with Crippen LogP contribution in [0.5, 0.6) is 11.5 Å². The van der Waals surface area contributed by atoms with Gasteiger partial charge in [-0.2, -0.15) is 0 Å². The van der Waals surface area contributed by atoms with Crippen LogP contribution in [-0.4, -0.2) is 84.6 Å². The van der Waals surface area contributed by atoms with Gasteiger partial charge in [-0.1, -0.05) is 25.3 Å². The summed E-state index contributed by atoms with van der Waals surface area (Å²) >= 11 is 0. The van der Waals surface area contributed by atoms with Gasteiger partial charge in [-0.25, -0.2) is 0 Å². The molecular formula is C32H42N4O3. The standard InChI is InChI=1S/C32H42N4O3/c1-19-22-18-23-24-17-20-9-10-25(38-3)29-26(20)32(23,11-12-34(24)2)30(39-29)28(22)33-27(19)31(37)36-15-13-35(14-16-36)21-7-5-4-6-8-21/h9-10,21,23-24,30,33H,4-8,11-18H2,1-3H3/t23?,24-,30+,32+/m1/s1. The summed E-state index contributed by atoms with van der Waals surface area (Å²) in [6.07, 6.45) is 9.80. The fourth-order valence-electron chi connectivity index (χ4n) is 9.55. The second-order valence-corrected chi connectivity index (χ2v) is 13.1. The number of rotatable bonds is 3. The van der Waals surface area contributed by atoms with E-state index in [1.54, 1.807) is 7.11 Å². The Bertz CT molecular complexity index is 1320. The first-order valence-electron chi connectivity index (χ1n) is 15.3. The van der Waals surface area contributed by atoms with E-state index in [1.807, 2.05) is 0 Å². The van der Waals surface area contributed by atoms with Crippen LogP contribution in [0.25, 0.3) is 0 Å². The van der Waals surface area contributed by atoms with Gasteiger partial charge in [-0.15, -0.1) is 0 Å². The Balaban J connectivity index is 1.13. The number of hydrogen-bond acceptors (Lipinski definition) is 5. The first kappa shape index (κ1) is 24.3. The van der Waals surface area contributed by atoms with Crippen LogP contribution in [-0.2, 0) is 18.3 Å². The summed E-state index contributed by atoms with van der Waals surface area (Å²) in [7, 11) is 4.03. The number of fused-ring (bicyclic) bond motifs is 2. The summed E-state index contributed by atoms with van der Waals surface area (Å²) in [4.78, 5) is 25.0. The summed E-state index contributed by atoms with van der Waals surface area (Å²) < 4.78 is 12.7. The number of nitrogens with zero attached hydrogens (tertiary/aromatic N) is 3. The molecule has 1 aromatic heterocycles. The lowest BCUT2D eigenvalue weighted by atomic mass is 9.51. The third-order valence-electron chi connectivity index (χ3n) is 11.6. The van der Waals surface area contributed by atoms with Crippen molar-refractivity contribution in [2.24, 2.45) is 5.92 Å². The molecule has 3 aliphatic heterocycles. The SMILES string of the molecule is COc1ccc2c3c1O[C@H]1c4[nH]c(C(=O)N5CCN(C6CCCCC6)CC5)c(C)c4CC4[C@@H](C2)N(C)CC[C@@]341. The molecule has 1 N–H and O–H groups in total. The van der Waals surface area contributed by atoms with E-state index in [0.717, 1.165) is 86.5 Å². The van der Waals surface area contributed by atoms with Crippen molar-refractivity contribution in [2.45, 2.75) is 81.9 Å². The molecule has 2 aromatic rings. The highest BCUT2D eigenvalue weighted by Crippen LogP contribution is 2.67.